The van der Waals surface area contributed by atoms with Gasteiger partial charge in [0.05, 0.1) is 18.2 Å². The molecule has 146 valence electrons. The second-order valence-corrected chi connectivity index (χ2v) is 7.68. The van der Waals surface area contributed by atoms with Crippen LogP contribution in [0.15, 0.2) is 18.5 Å². The first-order chi connectivity index (χ1) is 12.5. The standard InChI is InChI=1S/C19H32N4O3/c1-15(24)10-21-5-6-22-12-17-9-20-4-3-19(17)26-14-18(13-22)23(8-7-21)11-16(2)25/h3-4,9,15-16,18,24-25H,5-8,10-14H2,1-2H3/t15-,16-,18?/m0/s1. The van der Waals surface area contributed by atoms with Gasteiger partial charge >= 0.3 is 0 Å². The summed E-state index contributed by atoms with van der Waals surface area (Å²) >= 11 is 0. The van der Waals surface area contributed by atoms with Crippen molar-refractivity contribution in [2.45, 2.75) is 38.6 Å². The third-order valence-electron chi connectivity index (χ3n) is 5.13. The van der Waals surface area contributed by atoms with E-state index >= 15 is 0 Å². The van der Waals surface area contributed by atoms with E-state index in [4.69, 9.17) is 4.74 Å². The Morgan fingerprint density at radius 1 is 1.15 bits per heavy atom. The molecule has 7 heteroatoms. The molecule has 1 fully saturated rings. The SMILES string of the molecule is C[C@H](O)CN1CCN2Cc3cnccc3OCC(C2)N(C[C@H](C)O)CC1. The number of β-amino-alcohol motifs (C(OH)–C–C–N with tert-alkyl or cyclic N) is 2. The highest BCUT2D eigenvalue weighted by atomic mass is 16.5. The molecule has 4 atom stereocenters. The number of nitrogens with zero attached hydrogens (tertiary/aromatic N) is 4. The topological polar surface area (TPSA) is 72.3 Å². The minimum absolute atomic E-state index is 0.234. The van der Waals surface area contributed by atoms with Crippen molar-refractivity contribution in [3.05, 3.63) is 24.0 Å². The Kier molecular flexibility index (Phi) is 6.83. The first-order valence-electron chi connectivity index (χ1n) is 9.62. The Morgan fingerprint density at radius 2 is 1.92 bits per heavy atom. The zero-order valence-corrected chi connectivity index (χ0v) is 15.9. The van der Waals surface area contributed by atoms with Gasteiger partial charge in [0.2, 0.25) is 0 Å². The summed E-state index contributed by atoms with van der Waals surface area (Å²) in [7, 11) is 0. The Bertz CT molecular complexity index is 569. The number of rotatable bonds is 4. The molecule has 0 aliphatic carbocycles. The van der Waals surface area contributed by atoms with Gasteiger partial charge in [-0.2, -0.15) is 0 Å². The van der Waals surface area contributed by atoms with E-state index in [2.05, 4.69) is 19.7 Å². The smallest absolute Gasteiger partial charge is 0.126 e. The maximum absolute atomic E-state index is 9.97. The summed E-state index contributed by atoms with van der Waals surface area (Å²) in [5.74, 6) is 0.909. The van der Waals surface area contributed by atoms with Gasteiger partial charge in [-0.15, -0.1) is 0 Å². The van der Waals surface area contributed by atoms with E-state index in [0.717, 1.165) is 50.6 Å². The number of hydrogen-bond donors (Lipinski definition) is 2. The summed E-state index contributed by atoms with van der Waals surface area (Å²) in [4.78, 5) is 11.4. The van der Waals surface area contributed by atoms with Gasteiger partial charge in [0.15, 0.2) is 0 Å². The van der Waals surface area contributed by atoms with Crippen LogP contribution in [0.25, 0.3) is 0 Å². The molecule has 3 rings (SSSR count). The minimum Gasteiger partial charge on any atom is -0.491 e. The summed E-state index contributed by atoms with van der Waals surface area (Å²) in [5.41, 5.74) is 1.12. The molecular formula is C19H32N4O3. The van der Waals surface area contributed by atoms with Gasteiger partial charge in [0.1, 0.15) is 12.4 Å². The first kappa shape index (κ1) is 19.5. The lowest BCUT2D eigenvalue weighted by Crippen LogP contribution is -2.50. The molecule has 0 spiro atoms. The lowest BCUT2D eigenvalue weighted by atomic mass is 10.1. The number of aromatic nitrogens is 1. The molecule has 2 aliphatic rings. The molecule has 2 bridgehead atoms. The minimum atomic E-state index is -0.378. The van der Waals surface area contributed by atoms with Gasteiger partial charge in [-0.3, -0.25) is 19.7 Å². The number of fused-ring (bicyclic) bond motifs is 3. The highest BCUT2D eigenvalue weighted by molar-refractivity contribution is 5.30. The molecule has 2 N–H and O–H groups in total. The maximum Gasteiger partial charge on any atom is 0.126 e. The third kappa shape index (κ3) is 5.37. The van der Waals surface area contributed by atoms with Crippen LogP contribution in [0.4, 0.5) is 0 Å². The van der Waals surface area contributed by atoms with Crippen LogP contribution < -0.4 is 4.74 Å². The fourth-order valence-electron chi connectivity index (χ4n) is 3.89. The predicted octanol–water partition coefficient (Wildman–Crippen LogP) is 0.0238. The molecule has 0 radical (unpaired) electrons. The molecule has 0 aromatic carbocycles. The van der Waals surface area contributed by atoms with Crippen molar-refractivity contribution >= 4 is 0 Å². The lowest BCUT2D eigenvalue weighted by molar-refractivity contribution is 0.0516. The molecule has 3 heterocycles. The highest BCUT2D eigenvalue weighted by Crippen LogP contribution is 2.23. The van der Waals surface area contributed by atoms with Crippen LogP contribution in [0.1, 0.15) is 19.4 Å². The summed E-state index contributed by atoms with van der Waals surface area (Å²) < 4.78 is 6.11. The van der Waals surface area contributed by atoms with Crippen LogP contribution >= 0.6 is 0 Å². The molecule has 0 saturated carbocycles. The van der Waals surface area contributed by atoms with Crippen molar-refractivity contribution in [1.29, 1.82) is 0 Å². The van der Waals surface area contributed by atoms with E-state index in [9.17, 15) is 10.2 Å². The molecule has 1 aromatic rings. The Morgan fingerprint density at radius 3 is 2.69 bits per heavy atom. The van der Waals surface area contributed by atoms with E-state index in [0.29, 0.717) is 19.7 Å². The number of aliphatic hydroxyl groups is 2. The van der Waals surface area contributed by atoms with Crippen LogP contribution in [-0.4, -0.2) is 101 Å². The van der Waals surface area contributed by atoms with Crippen LogP contribution in [0.5, 0.6) is 5.75 Å². The third-order valence-corrected chi connectivity index (χ3v) is 5.13. The van der Waals surface area contributed by atoms with E-state index in [1.807, 2.05) is 26.1 Å². The fourth-order valence-corrected chi connectivity index (χ4v) is 3.89. The number of aliphatic hydroxyl groups excluding tert-OH is 2. The first-order valence-corrected chi connectivity index (χ1v) is 9.62. The summed E-state index contributed by atoms with van der Waals surface area (Å²) in [5, 5.41) is 19.8. The van der Waals surface area contributed by atoms with E-state index < -0.39 is 0 Å². The van der Waals surface area contributed by atoms with E-state index in [-0.39, 0.29) is 18.2 Å². The molecule has 2 unspecified atom stereocenters. The second kappa shape index (κ2) is 9.10. The van der Waals surface area contributed by atoms with Gasteiger partial charge < -0.3 is 14.9 Å². The molecule has 26 heavy (non-hydrogen) atoms. The van der Waals surface area contributed by atoms with Crippen LogP contribution in [0.3, 0.4) is 0 Å². The zero-order chi connectivity index (χ0) is 18.5. The monoisotopic (exact) mass is 364 g/mol. The Balaban J connectivity index is 1.82. The number of hydrogen-bond acceptors (Lipinski definition) is 7. The normalized spacial score (nSPS) is 27.7. The Hall–Kier alpha value is -1.25. The zero-order valence-electron chi connectivity index (χ0n) is 15.9. The van der Waals surface area contributed by atoms with E-state index in [1.54, 1.807) is 6.20 Å². The molecule has 0 amide bonds. The lowest BCUT2D eigenvalue weighted by Gasteiger charge is -2.36. The summed E-state index contributed by atoms with van der Waals surface area (Å²) in [6.07, 6.45) is 2.95. The molecule has 7 nitrogen and oxygen atoms in total. The van der Waals surface area contributed by atoms with Crippen molar-refractivity contribution in [3.8, 4) is 5.75 Å². The molecule has 2 aliphatic heterocycles. The van der Waals surface area contributed by atoms with Crippen molar-refractivity contribution in [2.75, 3.05) is 52.4 Å². The average Bonchev–Trinajstić information content (AvgIpc) is 2.63. The maximum atomic E-state index is 9.97. The molecule has 1 saturated heterocycles. The van der Waals surface area contributed by atoms with Crippen molar-refractivity contribution < 1.29 is 14.9 Å². The van der Waals surface area contributed by atoms with Crippen LogP contribution in [0, 0.1) is 0 Å². The van der Waals surface area contributed by atoms with Crippen molar-refractivity contribution in [2.24, 2.45) is 0 Å². The van der Waals surface area contributed by atoms with Gasteiger partial charge in [0, 0.05) is 70.3 Å². The van der Waals surface area contributed by atoms with Gasteiger partial charge in [-0.05, 0) is 19.9 Å². The average molecular weight is 364 g/mol. The number of pyridine rings is 1. The predicted molar refractivity (Wildman–Crippen MR) is 100 cm³/mol. The molecule has 1 aromatic heterocycles. The van der Waals surface area contributed by atoms with Crippen LogP contribution in [0.2, 0.25) is 0 Å². The number of ether oxygens (including phenoxy) is 1. The second-order valence-electron chi connectivity index (χ2n) is 7.68. The quantitative estimate of drug-likeness (QED) is 0.781. The van der Waals surface area contributed by atoms with Gasteiger partial charge in [0.25, 0.3) is 0 Å². The van der Waals surface area contributed by atoms with Crippen molar-refractivity contribution in [1.82, 2.24) is 19.7 Å². The van der Waals surface area contributed by atoms with Gasteiger partial charge in [-0.25, -0.2) is 0 Å². The highest BCUT2D eigenvalue weighted by Gasteiger charge is 2.28. The molecular weight excluding hydrogens is 332 g/mol. The Labute approximate surface area is 156 Å². The van der Waals surface area contributed by atoms with Crippen LogP contribution in [-0.2, 0) is 6.54 Å². The van der Waals surface area contributed by atoms with E-state index in [1.165, 1.54) is 0 Å². The summed E-state index contributed by atoms with van der Waals surface area (Å²) in [6, 6.07) is 2.17. The van der Waals surface area contributed by atoms with Crippen molar-refractivity contribution in [3.63, 3.8) is 0 Å². The fraction of sp³-hybridized carbons (Fsp3) is 0.737. The largest absolute Gasteiger partial charge is 0.491 e. The van der Waals surface area contributed by atoms with Gasteiger partial charge in [-0.1, -0.05) is 0 Å². The summed E-state index contributed by atoms with van der Waals surface area (Å²) in [6.45, 7) is 10.9.